The van der Waals surface area contributed by atoms with Crippen molar-refractivity contribution in [3.8, 4) is 16.9 Å². The summed E-state index contributed by atoms with van der Waals surface area (Å²) in [4.78, 5) is 4.37. The molecule has 1 saturated heterocycles. The maximum atomic E-state index is 14.3. The van der Waals surface area contributed by atoms with Crippen LogP contribution in [0.4, 0.5) is 10.2 Å². The van der Waals surface area contributed by atoms with Crippen LogP contribution in [0.1, 0.15) is 50.8 Å². The van der Waals surface area contributed by atoms with Crippen LogP contribution < -0.4 is 15.8 Å². The first-order valence-electron chi connectivity index (χ1n) is 12.0. The lowest BCUT2D eigenvalue weighted by molar-refractivity contribution is 0.178. The first-order chi connectivity index (χ1) is 17.3. The molecule has 0 spiro atoms. The van der Waals surface area contributed by atoms with Gasteiger partial charge in [0.05, 0.1) is 22.6 Å². The second kappa shape index (κ2) is 10.3. The van der Waals surface area contributed by atoms with Gasteiger partial charge in [-0.25, -0.2) is 9.37 Å². The van der Waals surface area contributed by atoms with Gasteiger partial charge < -0.3 is 20.2 Å². The summed E-state index contributed by atoms with van der Waals surface area (Å²) in [6.07, 6.45) is 9.11. The summed E-state index contributed by atoms with van der Waals surface area (Å²) in [5.74, 6) is 0.0632. The normalized spacial score (nSPS) is 15.6. The van der Waals surface area contributed by atoms with Gasteiger partial charge in [-0.3, -0.25) is 4.68 Å². The van der Waals surface area contributed by atoms with Gasteiger partial charge in [-0.1, -0.05) is 37.0 Å². The molecule has 1 fully saturated rings. The molecular weight excluding hydrogens is 504 g/mol. The molecule has 0 aliphatic carbocycles. The van der Waals surface area contributed by atoms with Crippen molar-refractivity contribution < 1.29 is 13.5 Å². The van der Waals surface area contributed by atoms with Crippen molar-refractivity contribution in [2.24, 2.45) is 5.92 Å². The number of fused-ring (bicyclic) bond motifs is 1. The highest BCUT2D eigenvalue weighted by atomic mass is 35.5. The highest BCUT2D eigenvalue weighted by Gasteiger charge is 2.27. The van der Waals surface area contributed by atoms with E-state index in [1.165, 1.54) is 12.1 Å². The molecule has 4 aromatic rings. The number of halogens is 3. The third-order valence-corrected chi connectivity index (χ3v) is 7.26. The molecular formula is C26H28Cl2FN5O2. The number of nitrogens with two attached hydrogens (primary N) is 1. The monoisotopic (exact) mass is 531 g/mol. The molecule has 0 radical (unpaired) electrons. The number of ether oxygens (including phenoxy) is 1. The second-order valence-corrected chi connectivity index (χ2v) is 10.3. The number of hydrogen-bond acceptors (Lipinski definition) is 6. The van der Waals surface area contributed by atoms with Crippen molar-refractivity contribution in [1.29, 1.82) is 0 Å². The Balaban J connectivity index is 1.53. The Morgan fingerprint density at radius 3 is 2.78 bits per heavy atom. The summed E-state index contributed by atoms with van der Waals surface area (Å²) in [5, 5.41) is 8.96. The van der Waals surface area contributed by atoms with Crippen LogP contribution in [0, 0.1) is 11.7 Å². The van der Waals surface area contributed by atoms with Gasteiger partial charge in [0.2, 0.25) is 5.75 Å². The Bertz CT molecular complexity index is 1380. The van der Waals surface area contributed by atoms with E-state index in [4.69, 9.17) is 38.1 Å². The van der Waals surface area contributed by atoms with Crippen LogP contribution in [-0.4, -0.2) is 27.9 Å². The molecule has 0 bridgehead atoms. The summed E-state index contributed by atoms with van der Waals surface area (Å²) in [6.45, 7) is 6.03. The number of benzene rings is 1. The summed E-state index contributed by atoms with van der Waals surface area (Å²) < 4.78 is 28.7. The van der Waals surface area contributed by atoms with E-state index in [1.807, 2.05) is 30.9 Å². The number of furan rings is 1. The SMILES string of the molecule is CC(C)CC(Oc1c(N)ncc2c(-c3cnn(C4CCNCC4)c3)coc12)c1c(Cl)ccc(F)c1Cl. The minimum atomic E-state index is -0.661. The van der Waals surface area contributed by atoms with Crippen molar-refractivity contribution in [2.75, 3.05) is 18.8 Å². The molecule has 3 N–H and O–H groups in total. The number of nitrogens with one attached hydrogen (secondary N) is 1. The van der Waals surface area contributed by atoms with Gasteiger partial charge in [-0.15, -0.1) is 0 Å². The standard InChI is InChI=1S/C26H28Cl2FN5O2/c1-14(2)9-21(22-19(27)3-4-20(29)23(22)28)36-25-24-17(11-32-26(25)30)18(13-35-24)15-10-33-34(12-15)16-5-7-31-8-6-16/h3-4,10-14,16,21,31H,5-9H2,1-2H3,(H2,30,32). The molecule has 0 saturated carbocycles. The van der Waals surface area contributed by atoms with E-state index in [1.54, 1.807) is 12.5 Å². The second-order valence-electron chi connectivity index (χ2n) is 9.55. The first-order valence-corrected chi connectivity index (χ1v) is 12.8. The molecule has 36 heavy (non-hydrogen) atoms. The van der Waals surface area contributed by atoms with Gasteiger partial charge in [0, 0.05) is 34.1 Å². The van der Waals surface area contributed by atoms with Crippen LogP contribution in [0.2, 0.25) is 10.0 Å². The zero-order valence-electron chi connectivity index (χ0n) is 20.1. The number of nitrogen functional groups attached to an aromatic ring is 1. The summed E-state index contributed by atoms with van der Waals surface area (Å²) >= 11 is 12.8. The fourth-order valence-electron chi connectivity index (χ4n) is 4.70. The molecule has 0 amide bonds. The summed E-state index contributed by atoms with van der Waals surface area (Å²) in [7, 11) is 0. The third kappa shape index (κ3) is 4.77. The number of anilines is 1. The lowest BCUT2D eigenvalue weighted by Gasteiger charge is -2.24. The van der Waals surface area contributed by atoms with E-state index in [0.717, 1.165) is 42.4 Å². The van der Waals surface area contributed by atoms with Crippen molar-refractivity contribution in [3.63, 3.8) is 0 Å². The van der Waals surface area contributed by atoms with Gasteiger partial charge in [-0.2, -0.15) is 5.10 Å². The van der Waals surface area contributed by atoms with E-state index in [-0.39, 0.29) is 22.5 Å². The largest absolute Gasteiger partial charge is 0.478 e. The van der Waals surface area contributed by atoms with Gasteiger partial charge >= 0.3 is 0 Å². The Hall–Kier alpha value is -2.81. The molecule has 10 heteroatoms. The minimum absolute atomic E-state index is 0.0719. The highest BCUT2D eigenvalue weighted by Crippen LogP contribution is 2.43. The first kappa shape index (κ1) is 24.9. The predicted octanol–water partition coefficient (Wildman–Crippen LogP) is 6.81. The van der Waals surface area contributed by atoms with E-state index >= 15 is 0 Å². The number of aromatic nitrogens is 3. The number of hydrogen-bond donors (Lipinski definition) is 2. The molecule has 7 nitrogen and oxygen atoms in total. The van der Waals surface area contributed by atoms with Gasteiger partial charge in [0.25, 0.3) is 0 Å². The molecule has 4 heterocycles. The van der Waals surface area contributed by atoms with Crippen LogP contribution in [0.3, 0.4) is 0 Å². The Labute approximate surface area is 218 Å². The maximum Gasteiger partial charge on any atom is 0.205 e. The zero-order valence-corrected chi connectivity index (χ0v) is 21.6. The summed E-state index contributed by atoms with van der Waals surface area (Å²) in [6, 6.07) is 3.07. The molecule has 1 aliphatic heterocycles. The van der Waals surface area contributed by atoms with E-state index < -0.39 is 11.9 Å². The molecule has 1 aromatic carbocycles. The Morgan fingerprint density at radius 2 is 2.03 bits per heavy atom. The quantitative estimate of drug-likeness (QED) is 0.254. The van der Waals surface area contributed by atoms with Crippen molar-refractivity contribution in [2.45, 2.75) is 45.3 Å². The third-order valence-electron chi connectivity index (χ3n) is 6.54. The average molecular weight is 532 g/mol. The predicted molar refractivity (Wildman–Crippen MR) is 140 cm³/mol. The van der Waals surface area contributed by atoms with E-state index in [9.17, 15) is 4.39 Å². The lowest BCUT2D eigenvalue weighted by atomic mass is 9.99. The highest BCUT2D eigenvalue weighted by molar-refractivity contribution is 6.36. The maximum absolute atomic E-state index is 14.3. The van der Waals surface area contributed by atoms with Crippen molar-refractivity contribution >= 4 is 40.0 Å². The van der Waals surface area contributed by atoms with Gasteiger partial charge in [0.1, 0.15) is 18.2 Å². The van der Waals surface area contributed by atoms with Crippen molar-refractivity contribution in [1.82, 2.24) is 20.1 Å². The number of pyridine rings is 1. The van der Waals surface area contributed by atoms with Crippen molar-refractivity contribution in [3.05, 3.63) is 58.4 Å². The molecule has 1 aliphatic rings. The van der Waals surface area contributed by atoms with E-state index in [2.05, 4.69) is 15.4 Å². The molecule has 1 unspecified atom stereocenters. The van der Waals surface area contributed by atoms with Crippen LogP contribution in [-0.2, 0) is 0 Å². The fourth-order valence-corrected chi connectivity index (χ4v) is 5.31. The zero-order chi connectivity index (χ0) is 25.4. The van der Waals surface area contributed by atoms with Crippen LogP contribution in [0.5, 0.6) is 5.75 Å². The topological polar surface area (TPSA) is 91.1 Å². The fraction of sp³-hybridized carbons (Fsp3) is 0.385. The number of rotatable bonds is 7. The Kier molecular flexibility index (Phi) is 7.10. The van der Waals surface area contributed by atoms with Gasteiger partial charge in [-0.05, 0) is 50.4 Å². The van der Waals surface area contributed by atoms with E-state index in [0.29, 0.717) is 28.6 Å². The molecule has 3 aromatic heterocycles. The smallest absolute Gasteiger partial charge is 0.205 e. The minimum Gasteiger partial charge on any atom is -0.478 e. The summed E-state index contributed by atoms with van der Waals surface area (Å²) in [5.41, 5.74) is 8.82. The Morgan fingerprint density at radius 1 is 1.25 bits per heavy atom. The van der Waals surface area contributed by atoms with Crippen LogP contribution >= 0.6 is 23.2 Å². The number of piperidine rings is 1. The molecule has 5 rings (SSSR count). The number of nitrogens with zero attached hydrogens (tertiary/aromatic N) is 3. The van der Waals surface area contributed by atoms with Gasteiger partial charge in [0.15, 0.2) is 11.4 Å². The van der Waals surface area contributed by atoms with Crippen LogP contribution in [0.25, 0.3) is 22.1 Å². The van der Waals surface area contributed by atoms with Crippen LogP contribution in [0.15, 0.2) is 41.4 Å². The molecule has 190 valence electrons. The molecule has 1 atom stereocenters. The average Bonchev–Trinajstić information content (AvgIpc) is 3.51. The lowest BCUT2D eigenvalue weighted by Crippen LogP contribution is -2.29.